The minimum absolute atomic E-state index is 0.225. The Kier molecular flexibility index (Phi) is 3.35. The summed E-state index contributed by atoms with van der Waals surface area (Å²) in [6.45, 7) is 2.53. The predicted molar refractivity (Wildman–Crippen MR) is 91.7 cm³/mol. The summed E-state index contributed by atoms with van der Waals surface area (Å²) in [5.74, 6) is 0.0627. The lowest BCUT2D eigenvalue weighted by Crippen LogP contribution is -2.21. The molecule has 1 amide bonds. The number of hydrogen-bond donors (Lipinski definition) is 1. The van der Waals surface area contributed by atoms with Gasteiger partial charge >= 0.3 is 0 Å². The number of fused-ring (bicyclic) bond motifs is 2. The van der Waals surface area contributed by atoms with Crippen LogP contribution in [0.3, 0.4) is 0 Å². The molecule has 0 radical (unpaired) electrons. The number of nitrogens with zero attached hydrogens (tertiary/aromatic N) is 1. The van der Waals surface area contributed by atoms with Crippen molar-refractivity contribution in [2.75, 3.05) is 0 Å². The first kappa shape index (κ1) is 14.0. The molecule has 114 valence electrons. The van der Waals surface area contributed by atoms with E-state index in [1.165, 1.54) is 0 Å². The summed E-state index contributed by atoms with van der Waals surface area (Å²) in [5.41, 5.74) is 2.51. The van der Waals surface area contributed by atoms with Gasteiger partial charge in [0.1, 0.15) is 0 Å². The third kappa shape index (κ3) is 2.71. The Morgan fingerprint density at radius 1 is 1.22 bits per heavy atom. The summed E-state index contributed by atoms with van der Waals surface area (Å²) in [6.07, 6.45) is 0. The van der Waals surface area contributed by atoms with Gasteiger partial charge < -0.3 is 9.73 Å². The number of benzene rings is 1. The first-order valence-corrected chi connectivity index (χ1v) is 8.18. The fourth-order valence-corrected chi connectivity index (χ4v) is 3.16. The molecule has 4 nitrogen and oxygen atoms in total. The lowest BCUT2D eigenvalue weighted by molar-refractivity contribution is 0.0925. The number of rotatable bonds is 3. The summed E-state index contributed by atoms with van der Waals surface area (Å²) >= 11 is 1.61. The number of carbonyl (C=O) groups is 1. The number of hydrogen-bond acceptors (Lipinski definition) is 4. The fourth-order valence-electron chi connectivity index (χ4n) is 2.52. The van der Waals surface area contributed by atoms with Crippen LogP contribution in [0.2, 0.25) is 0 Å². The molecule has 3 heterocycles. The molecule has 0 spiro atoms. The van der Waals surface area contributed by atoms with Crippen LogP contribution in [0.4, 0.5) is 0 Å². The molecule has 1 N–H and O–H groups in total. The van der Waals surface area contributed by atoms with E-state index in [-0.39, 0.29) is 11.7 Å². The number of carbonyl (C=O) groups excluding carboxylic acids is 1. The van der Waals surface area contributed by atoms with E-state index in [0.717, 1.165) is 26.7 Å². The van der Waals surface area contributed by atoms with E-state index >= 15 is 0 Å². The average molecular weight is 322 g/mol. The molecule has 3 aromatic heterocycles. The number of amides is 1. The maximum absolute atomic E-state index is 12.2. The Hall–Kier alpha value is -2.66. The van der Waals surface area contributed by atoms with Crippen LogP contribution in [-0.2, 0) is 6.54 Å². The Morgan fingerprint density at radius 2 is 2.13 bits per heavy atom. The van der Waals surface area contributed by atoms with Crippen molar-refractivity contribution in [3.63, 3.8) is 0 Å². The van der Waals surface area contributed by atoms with Crippen molar-refractivity contribution in [3.8, 4) is 0 Å². The van der Waals surface area contributed by atoms with Crippen LogP contribution in [0, 0.1) is 6.92 Å². The summed E-state index contributed by atoms with van der Waals surface area (Å²) in [6, 6.07) is 13.8. The van der Waals surface area contributed by atoms with Crippen LogP contribution in [0.25, 0.3) is 22.0 Å². The molecular weight excluding hydrogens is 308 g/mol. The summed E-state index contributed by atoms with van der Waals surface area (Å²) < 4.78 is 5.63. The van der Waals surface area contributed by atoms with E-state index in [2.05, 4.69) is 10.3 Å². The first-order valence-electron chi connectivity index (χ1n) is 7.30. The standard InChI is InChI=1S/C18H14N2O2S/c1-11-4-5-12-8-13-9-16(22-18(13)20-15(12)7-11)17(21)19-10-14-3-2-6-23-14/h2-9H,10H2,1H3,(H,19,21). The zero-order valence-corrected chi connectivity index (χ0v) is 13.3. The van der Waals surface area contributed by atoms with Crippen LogP contribution in [0.15, 0.2) is 52.3 Å². The summed E-state index contributed by atoms with van der Waals surface area (Å²) in [7, 11) is 0. The van der Waals surface area contributed by atoms with Gasteiger partial charge in [0.2, 0.25) is 5.71 Å². The van der Waals surface area contributed by atoms with Gasteiger partial charge in [0.05, 0.1) is 12.1 Å². The van der Waals surface area contributed by atoms with E-state index in [0.29, 0.717) is 12.3 Å². The number of thiophene rings is 1. The Morgan fingerprint density at radius 3 is 2.96 bits per heavy atom. The molecule has 0 saturated carbocycles. The second kappa shape index (κ2) is 5.52. The van der Waals surface area contributed by atoms with Gasteiger partial charge in [0.15, 0.2) is 5.76 Å². The van der Waals surface area contributed by atoms with Crippen molar-refractivity contribution in [3.05, 3.63) is 64.0 Å². The van der Waals surface area contributed by atoms with Gasteiger partial charge in [0.25, 0.3) is 5.91 Å². The SMILES string of the molecule is Cc1ccc2cc3cc(C(=O)NCc4cccs4)oc3nc2c1. The highest BCUT2D eigenvalue weighted by Crippen LogP contribution is 2.23. The lowest BCUT2D eigenvalue weighted by atomic mass is 10.1. The third-order valence-corrected chi connectivity index (χ3v) is 4.56. The molecule has 0 bridgehead atoms. The van der Waals surface area contributed by atoms with Crippen LogP contribution >= 0.6 is 11.3 Å². The number of nitrogens with one attached hydrogen (secondary N) is 1. The van der Waals surface area contributed by atoms with E-state index in [9.17, 15) is 4.79 Å². The van der Waals surface area contributed by atoms with Crippen LogP contribution in [0.1, 0.15) is 21.0 Å². The molecule has 23 heavy (non-hydrogen) atoms. The van der Waals surface area contributed by atoms with Gasteiger partial charge in [-0.15, -0.1) is 11.3 Å². The molecule has 0 aliphatic carbocycles. The van der Waals surface area contributed by atoms with Crippen LogP contribution in [0.5, 0.6) is 0 Å². The van der Waals surface area contributed by atoms with E-state index < -0.39 is 0 Å². The molecule has 1 aromatic carbocycles. The second-order valence-electron chi connectivity index (χ2n) is 5.45. The predicted octanol–water partition coefficient (Wildman–Crippen LogP) is 4.28. The molecule has 0 aliphatic rings. The fraction of sp³-hybridized carbons (Fsp3) is 0.111. The number of aryl methyl sites for hydroxylation is 1. The van der Waals surface area contributed by atoms with E-state index in [4.69, 9.17) is 4.42 Å². The van der Waals surface area contributed by atoms with E-state index in [1.807, 2.05) is 48.7 Å². The van der Waals surface area contributed by atoms with Crippen molar-refractivity contribution < 1.29 is 9.21 Å². The quantitative estimate of drug-likeness (QED) is 0.612. The molecule has 0 fully saturated rings. The zero-order valence-electron chi connectivity index (χ0n) is 12.5. The second-order valence-corrected chi connectivity index (χ2v) is 6.48. The maximum Gasteiger partial charge on any atom is 0.287 e. The van der Waals surface area contributed by atoms with Gasteiger partial charge in [-0.2, -0.15) is 0 Å². The van der Waals surface area contributed by atoms with Crippen LogP contribution in [-0.4, -0.2) is 10.9 Å². The molecule has 0 saturated heterocycles. The van der Waals surface area contributed by atoms with Gasteiger partial charge in [-0.25, -0.2) is 4.98 Å². The number of pyridine rings is 1. The lowest BCUT2D eigenvalue weighted by Gasteiger charge is -1.99. The molecule has 0 unspecified atom stereocenters. The van der Waals surface area contributed by atoms with Gasteiger partial charge in [-0.05, 0) is 42.1 Å². The van der Waals surface area contributed by atoms with Gasteiger partial charge in [-0.1, -0.05) is 18.2 Å². The van der Waals surface area contributed by atoms with Gasteiger partial charge in [-0.3, -0.25) is 4.79 Å². The highest BCUT2D eigenvalue weighted by Gasteiger charge is 2.13. The molecule has 5 heteroatoms. The summed E-state index contributed by atoms with van der Waals surface area (Å²) in [5, 5.41) is 6.72. The molecular formula is C18H14N2O2S. The number of aromatic nitrogens is 1. The van der Waals surface area contributed by atoms with Crippen molar-refractivity contribution in [1.29, 1.82) is 0 Å². The highest BCUT2D eigenvalue weighted by molar-refractivity contribution is 7.09. The topological polar surface area (TPSA) is 55.1 Å². The minimum Gasteiger partial charge on any atom is -0.433 e. The molecule has 0 aliphatic heterocycles. The third-order valence-electron chi connectivity index (χ3n) is 3.69. The maximum atomic E-state index is 12.2. The van der Waals surface area contributed by atoms with Crippen molar-refractivity contribution in [2.45, 2.75) is 13.5 Å². The smallest absolute Gasteiger partial charge is 0.287 e. The first-order chi connectivity index (χ1) is 11.2. The Labute approximate surface area is 136 Å². The average Bonchev–Trinajstić information content (AvgIpc) is 3.19. The largest absolute Gasteiger partial charge is 0.433 e. The molecule has 0 atom stereocenters. The van der Waals surface area contributed by atoms with Crippen LogP contribution < -0.4 is 5.32 Å². The molecule has 4 rings (SSSR count). The van der Waals surface area contributed by atoms with Gasteiger partial charge in [0, 0.05) is 15.6 Å². The number of furan rings is 1. The Bertz CT molecular complexity index is 1000. The minimum atomic E-state index is -0.225. The van der Waals surface area contributed by atoms with Crippen molar-refractivity contribution >= 4 is 39.2 Å². The normalized spacial score (nSPS) is 11.2. The van der Waals surface area contributed by atoms with Crippen molar-refractivity contribution in [2.24, 2.45) is 0 Å². The summed E-state index contributed by atoms with van der Waals surface area (Å²) in [4.78, 5) is 17.8. The Balaban J connectivity index is 1.65. The molecule has 4 aromatic rings. The van der Waals surface area contributed by atoms with Crippen molar-refractivity contribution in [1.82, 2.24) is 10.3 Å². The zero-order chi connectivity index (χ0) is 15.8. The van der Waals surface area contributed by atoms with E-state index in [1.54, 1.807) is 17.4 Å². The monoisotopic (exact) mass is 322 g/mol. The highest BCUT2D eigenvalue weighted by atomic mass is 32.1.